The minimum atomic E-state index is -0.458. The maximum atomic E-state index is 10.9. The first-order chi connectivity index (χ1) is 5.11. The molecular weight excluding hydrogens is 144 g/mol. The number of carbonyl (C=O) groups excluding carboxylic acids is 2. The van der Waals surface area contributed by atoms with E-state index in [1.54, 1.807) is 13.8 Å². The molecule has 0 aliphatic carbocycles. The molecule has 0 unspecified atom stereocenters. The van der Waals surface area contributed by atoms with Crippen molar-refractivity contribution in [1.82, 2.24) is 0 Å². The second-order valence-corrected chi connectivity index (χ2v) is 2.02. The molecule has 0 aliphatic heterocycles. The van der Waals surface area contributed by atoms with Crippen LogP contribution in [0.2, 0.25) is 0 Å². The van der Waals surface area contributed by atoms with Crippen LogP contribution >= 0.6 is 0 Å². The number of rotatable bonds is 3. The molecule has 0 atom stereocenters. The third kappa shape index (κ3) is 3.55. The Morgan fingerprint density at radius 3 is 2.27 bits per heavy atom. The number of allylic oxidation sites excluding steroid dienone is 2. The predicted octanol–water partition coefficient (Wildman–Crippen LogP) is 1.43. The minimum Gasteiger partial charge on any atom is -0.423 e. The van der Waals surface area contributed by atoms with E-state index in [0.717, 1.165) is 0 Å². The molecule has 3 nitrogen and oxygen atoms in total. The van der Waals surface area contributed by atoms with E-state index in [2.05, 4.69) is 4.74 Å². The number of hydrogen-bond acceptors (Lipinski definition) is 3. The number of esters is 1. The molecule has 0 aromatic rings. The second kappa shape index (κ2) is 4.66. The summed E-state index contributed by atoms with van der Waals surface area (Å²) in [6.07, 6.45) is 1.85. The second-order valence-electron chi connectivity index (χ2n) is 2.02. The molecule has 0 fully saturated rings. The Morgan fingerprint density at radius 1 is 1.45 bits per heavy atom. The van der Waals surface area contributed by atoms with E-state index in [1.807, 2.05) is 0 Å². The molecule has 3 heteroatoms. The van der Waals surface area contributed by atoms with Gasteiger partial charge in [-0.25, -0.2) is 0 Å². The Labute approximate surface area is 66.0 Å². The molecule has 0 radical (unpaired) electrons. The summed E-state index contributed by atoms with van der Waals surface area (Å²) in [5.41, 5.74) is 0. The number of hydrogen-bond donors (Lipinski definition) is 0. The molecule has 0 aliphatic rings. The van der Waals surface area contributed by atoms with Crippen molar-refractivity contribution in [3.63, 3.8) is 0 Å². The van der Waals surface area contributed by atoms with Crippen LogP contribution < -0.4 is 0 Å². The van der Waals surface area contributed by atoms with Crippen LogP contribution in [0.25, 0.3) is 0 Å². The maximum absolute atomic E-state index is 10.9. The fraction of sp³-hybridized carbons (Fsp3) is 0.500. The fourth-order valence-corrected chi connectivity index (χ4v) is 0.606. The number of Topliss-reactive ketones (excluding diaryl/α,β-unsaturated/α-hetero) is 1. The van der Waals surface area contributed by atoms with Crippen molar-refractivity contribution in [2.24, 2.45) is 0 Å². The summed E-state index contributed by atoms with van der Waals surface area (Å²) in [5.74, 6) is -0.470. The summed E-state index contributed by atoms with van der Waals surface area (Å²) >= 11 is 0. The van der Waals surface area contributed by atoms with Crippen molar-refractivity contribution < 1.29 is 14.3 Å². The average Bonchev–Trinajstić information content (AvgIpc) is 1.98. The zero-order valence-corrected chi connectivity index (χ0v) is 7.01. The number of carbonyl (C=O) groups is 2. The van der Waals surface area contributed by atoms with E-state index in [4.69, 9.17) is 0 Å². The van der Waals surface area contributed by atoms with E-state index in [1.165, 1.54) is 13.0 Å². The van der Waals surface area contributed by atoms with Crippen LogP contribution in [-0.4, -0.2) is 11.8 Å². The van der Waals surface area contributed by atoms with Crippen molar-refractivity contribution in [3.8, 4) is 0 Å². The third-order valence-electron chi connectivity index (χ3n) is 1.11. The highest BCUT2D eigenvalue weighted by molar-refractivity contribution is 5.95. The molecule has 0 saturated carbocycles. The smallest absolute Gasteiger partial charge is 0.308 e. The molecule has 0 amide bonds. The molecule has 0 heterocycles. The molecule has 11 heavy (non-hydrogen) atoms. The molecule has 62 valence electrons. The molecule has 0 saturated heterocycles. The van der Waals surface area contributed by atoms with Crippen molar-refractivity contribution in [3.05, 3.63) is 11.8 Å². The van der Waals surface area contributed by atoms with E-state index in [0.29, 0.717) is 6.42 Å². The SMILES string of the molecule is CC=C(OC(C)=O)C(=O)CC. The zero-order valence-electron chi connectivity index (χ0n) is 7.01. The molecule has 0 aromatic heterocycles. The van der Waals surface area contributed by atoms with E-state index in [-0.39, 0.29) is 11.5 Å². The number of ketones is 1. The van der Waals surface area contributed by atoms with Gasteiger partial charge in [-0.1, -0.05) is 6.92 Å². The Morgan fingerprint density at radius 2 is 2.00 bits per heavy atom. The molecule has 0 bridgehead atoms. The lowest BCUT2D eigenvalue weighted by atomic mass is 10.2. The standard InChI is InChI=1S/C8H12O3/c1-4-7(10)8(5-2)11-6(3)9/h5H,4H2,1-3H3. The van der Waals surface area contributed by atoms with Crippen LogP contribution in [0.15, 0.2) is 11.8 Å². The molecule has 0 aromatic carbocycles. The van der Waals surface area contributed by atoms with E-state index in [9.17, 15) is 9.59 Å². The van der Waals surface area contributed by atoms with Gasteiger partial charge in [0.15, 0.2) is 11.5 Å². The highest BCUT2D eigenvalue weighted by Crippen LogP contribution is 2.01. The minimum absolute atomic E-state index is 0.139. The topological polar surface area (TPSA) is 43.4 Å². The zero-order chi connectivity index (χ0) is 8.85. The van der Waals surface area contributed by atoms with Gasteiger partial charge in [-0.05, 0) is 13.0 Å². The predicted molar refractivity (Wildman–Crippen MR) is 40.8 cm³/mol. The average molecular weight is 156 g/mol. The van der Waals surface area contributed by atoms with Crippen molar-refractivity contribution in [2.75, 3.05) is 0 Å². The van der Waals surface area contributed by atoms with Gasteiger partial charge in [0, 0.05) is 13.3 Å². The van der Waals surface area contributed by atoms with Gasteiger partial charge >= 0.3 is 5.97 Å². The first-order valence-corrected chi connectivity index (χ1v) is 3.49. The van der Waals surface area contributed by atoms with Crippen LogP contribution in [-0.2, 0) is 14.3 Å². The number of ether oxygens (including phenoxy) is 1. The lowest BCUT2D eigenvalue weighted by Gasteiger charge is -2.02. The van der Waals surface area contributed by atoms with E-state index < -0.39 is 5.97 Å². The molecule has 0 rings (SSSR count). The summed E-state index contributed by atoms with van der Waals surface area (Å²) in [4.78, 5) is 21.4. The highest BCUT2D eigenvalue weighted by atomic mass is 16.5. The summed E-state index contributed by atoms with van der Waals surface area (Å²) in [7, 11) is 0. The van der Waals surface area contributed by atoms with Gasteiger partial charge < -0.3 is 4.74 Å². The normalized spacial score (nSPS) is 11.0. The van der Waals surface area contributed by atoms with Crippen LogP contribution in [0.3, 0.4) is 0 Å². The van der Waals surface area contributed by atoms with Crippen molar-refractivity contribution in [2.45, 2.75) is 27.2 Å². The van der Waals surface area contributed by atoms with Crippen LogP contribution in [0, 0.1) is 0 Å². The lowest BCUT2D eigenvalue weighted by Crippen LogP contribution is -2.07. The Hall–Kier alpha value is -1.12. The van der Waals surface area contributed by atoms with Gasteiger partial charge in [0.1, 0.15) is 0 Å². The monoisotopic (exact) mass is 156 g/mol. The Kier molecular flexibility index (Phi) is 4.18. The largest absolute Gasteiger partial charge is 0.423 e. The van der Waals surface area contributed by atoms with Crippen LogP contribution in [0.1, 0.15) is 27.2 Å². The first kappa shape index (κ1) is 9.88. The molecule has 0 N–H and O–H groups in total. The summed E-state index contributed by atoms with van der Waals surface area (Å²) < 4.78 is 4.62. The van der Waals surface area contributed by atoms with E-state index >= 15 is 0 Å². The first-order valence-electron chi connectivity index (χ1n) is 3.49. The fourth-order valence-electron chi connectivity index (χ4n) is 0.606. The van der Waals surface area contributed by atoms with Crippen LogP contribution in [0.5, 0.6) is 0 Å². The lowest BCUT2D eigenvalue weighted by molar-refractivity contribution is -0.140. The molecule has 0 spiro atoms. The van der Waals surface area contributed by atoms with Gasteiger partial charge in [-0.3, -0.25) is 9.59 Å². The van der Waals surface area contributed by atoms with Crippen molar-refractivity contribution >= 4 is 11.8 Å². The highest BCUT2D eigenvalue weighted by Gasteiger charge is 2.08. The van der Waals surface area contributed by atoms with Crippen molar-refractivity contribution in [1.29, 1.82) is 0 Å². The van der Waals surface area contributed by atoms with Gasteiger partial charge in [-0.2, -0.15) is 0 Å². The summed E-state index contributed by atoms with van der Waals surface area (Å²) in [6, 6.07) is 0. The summed E-state index contributed by atoms with van der Waals surface area (Å²) in [6.45, 7) is 4.65. The summed E-state index contributed by atoms with van der Waals surface area (Å²) in [5, 5.41) is 0. The quantitative estimate of drug-likeness (QED) is 0.352. The van der Waals surface area contributed by atoms with Gasteiger partial charge in [0.2, 0.25) is 0 Å². The van der Waals surface area contributed by atoms with Gasteiger partial charge in [0.05, 0.1) is 0 Å². The third-order valence-corrected chi connectivity index (χ3v) is 1.11. The van der Waals surface area contributed by atoms with Gasteiger partial charge in [-0.15, -0.1) is 0 Å². The molecular formula is C8H12O3. The maximum Gasteiger partial charge on any atom is 0.308 e. The van der Waals surface area contributed by atoms with Gasteiger partial charge in [0.25, 0.3) is 0 Å². The Bertz CT molecular complexity index is 192. The Balaban J connectivity index is 4.20. The van der Waals surface area contributed by atoms with Crippen LogP contribution in [0.4, 0.5) is 0 Å².